The highest BCUT2D eigenvalue weighted by atomic mass is 16.7. The summed E-state index contributed by atoms with van der Waals surface area (Å²) in [6.07, 6.45) is 4.62. The van der Waals surface area contributed by atoms with Gasteiger partial charge in [-0.3, -0.25) is 9.59 Å². The van der Waals surface area contributed by atoms with Crippen LogP contribution < -0.4 is 10.7 Å². The molecule has 4 aromatic rings. The Morgan fingerprint density at radius 1 is 0.810 bits per heavy atom. The van der Waals surface area contributed by atoms with Crippen LogP contribution >= 0.6 is 0 Å². The standard InChI is InChI=1S/C42H52N8O8/c1-24(2)35(47-40(53)55-5)39(52)49-17-7-8-34(49)37-44-23-33(46-37)29-15-11-27(12-16-29)26-9-13-28(14-10-26)32-22-43-36(45-32)30-20-42(57-18-19-58-42)21-31(30)38(51)50(25(3)4)48-41(54)56-6/h9-16,22-25,30-31,34-35H,7-8,17-21H2,1-6H3,(H,43,45)(H,44,46)(H,47,53)(H,48,54)/t30-,31-,34-,35-/m0/s1. The van der Waals surface area contributed by atoms with Gasteiger partial charge < -0.3 is 39.1 Å². The molecule has 1 saturated carbocycles. The third kappa shape index (κ3) is 8.29. The summed E-state index contributed by atoms with van der Waals surface area (Å²) in [4.78, 5) is 69.7. The monoisotopic (exact) mass is 796 g/mol. The van der Waals surface area contributed by atoms with Gasteiger partial charge in [0.1, 0.15) is 17.7 Å². The number of aromatic nitrogens is 4. The summed E-state index contributed by atoms with van der Waals surface area (Å²) in [5.41, 5.74) is 8.19. The molecular formula is C42H52N8O8. The number of rotatable bonds is 10. The van der Waals surface area contributed by atoms with Crippen LogP contribution in [0.2, 0.25) is 0 Å². The Kier molecular flexibility index (Phi) is 11.9. The van der Waals surface area contributed by atoms with Crippen molar-refractivity contribution in [2.75, 3.05) is 34.0 Å². The van der Waals surface area contributed by atoms with Crippen LogP contribution in [0.15, 0.2) is 60.9 Å². The minimum atomic E-state index is -0.886. The minimum absolute atomic E-state index is 0.112. The molecule has 1 spiro atoms. The molecule has 4 heterocycles. The molecule has 4 amide bonds. The number of hydrazine groups is 1. The zero-order valence-electron chi connectivity index (χ0n) is 33.7. The summed E-state index contributed by atoms with van der Waals surface area (Å²) in [6.45, 7) is 8.92. The van der Waals surface area contributed by atoms with Crippen LogP contribution in [0.4, 0.5) is 9.59 Å². The van der Waals surface area contributed by atoms with Crippen molar-refractivity contribution >= 4 is 24.0 Å². The predicted molar refractivity (Wildman–Crippen MR) is 213 cm³/mol. The van der Waals surface area contributed by atoms with E-state index in [1.165, 1.54) is 19.2 Å². The molecular weight excluding hydrogens is 745 g/mol. The van der Waals surface area contributed by atoms with Gasteiger partial charge in [-0.05, 0) is 54.9 Å². The topological polar surface area (TPSA) is 193 Å². The van der Waals surface area contributed by atoms with E-state index in [4.69, 9.17) is 23.9 Å². The average molecular weight is 797 g/mol. The van der Waals surface area contributed by atoms with Crippen LogP contribution in [-0.2, 0) is 28.5 Å². The van der Waals surface area contributed by atoms with Gasteiger partial charge in [0.15, 0.2) is 5.79 Å². The number of benzene rings is 2. The van der Waals surface area contributed by atoms with Gasteiger partial charge in [0.25, 0.3) is 0 Å². The van der Waals surface area contributed by atoms with E-state index in [1.54, 1.807) is 17.3 Å². The van der Waals surface area contributed by atoms with Gasteiger partial charge in [-0.15, -0.1) is 0 Å². The van der Waals surface area contributed by atoms with Crippen LogP contribution in [0.25, 0.3) is 33.6 Å². The van der Waals surface area contributed by atoms with Crippen molar-refractivity contribution in [3.63, 3.8) is 0 Å². The maximum absolute atomic E-state index is 13.9. The highest BCUT2D eigenvalue weighted by Crippen LogP contribution is 2.49. The van der Waals surface area contributed by atoms with Gasteiger partial charge in [0.05, 0.1) is 63.2 Å². The number of alkyl carbamates (subject to hydrolysis) is 1. The van der Waals surface area contributed by atoms with Crippen molar-refractivity contribution in [2.45, 2.75) is 83.2 Å². The lowest BCUT2D eigenvalue weighted by Crippen LogP contribution is -2.52. The Hall–Kier alpha value is -5.74. The van der Waals surface area contributed by atoms with Crippen molar-refractivity contribution < 1.29 is 38.1 Å². The summed E-state index contributed by atoms with van der Waals surface area (Å²) in [5.74, 6) is -0.942. The Morgan fingerprint density at radius 3 is 1.91 bits per heavy atom. The molecule has 0 radical (unpaired) electrons. The molecule has 2 aliphatic heterocycles. The number of aromatic amines is 2. The number of likely N-dealkylation sites (tertiary alicyclic amines) is 1. The van der Waals surface area contributed by atoms with E-state index in [-0.39, 0.29) is 35.7 Å². The Bertz CT molecular complexity index is 2090. The molecule has 0 bridgehead atoms. The second kappa shape index (κ2) is 17.0. The number of methoxy groups -OCH3 is 2. The van der Waals surface area contributed by atoms with E-state index in [0.717, 1.165) is 46.5 Å². The molecule has 3 fully saturated rings. The Balaban J connectivity index is 1.03. The highest BCUT2D eigenvalue weighted by molar-refractivity contribution is 5.86. The maximum atomic E-state index is 13.9. The van der Waals surface area contributed by atoms with Gasteiger partial charge in [0.2, 0.25) is 11.8 Å². The number of imidazole rings is 2. The van der Waals surface area contributed by atoms with E-state index in [1.807, 2.05) is 52.0 Å². The van der Waals surface area contributed by atoms with Crippen molar-refractivity contribution in [3.05, 3.63) is 72.6 Å². The van der Waals surface area contributed by atoms with Gasteiger partial charge in [-0.2, -0.15) is 0 Å². The van der Waals surface area contributed by atoms with Crippen molar-refractivity contribution in [1.82, 2.24) is 40.6 Å². The van der Waals surface area contributed by atoms with Crippen molar-refractivity contribution in [1.29, 1.82) is 0 Å². The Labute approximate surface area is 337 Å². The van der Waals surface area contributed by atoms with Crippen molar-refractivity contribution in [2.24, 2.45) is 11.8 Å². The van der Waals surface area contributed by atoms with E-state index in [9.17, 15) is 19.2 Å². The molecule has 16 nitrogen and oxygen atoms in total. The fourth-order valence-corrected chi connectivity index (χ4v) is 8.28. The first-order valence-electron chi connectivity index (χ1n) is 19.8. The number of amides is 4. The second-order valence-corrected chi connectivity index (χ2v) is 15.7. The summed E-state index contributed by atoms with van der Waals surface area (Å²) in [5, 5.41) is 4.00. The SMILES string of the molecule is COC(=O)N[C@H](C(=O)N1CCC[C@H]1c1ncc(-c2ccc(-c3ccc(-c4cnc([C@H]5CC6(C[C@@H]5C(=O)N(NC(=O)OC)C(C)C)OCCO6)[nH]4)cc3)cc2)[nH]1)C(C)C. The Morgan fingerprint density at radius 2 is 1.36 bits per heavy atom. The number of hydrogen-bond acceptors (Lipinski definition) is 10. The van der Waals surface area contributed by atoms with Crippen LogP contribution in [0.3, 0.4) is 0 Å². The first-order chi connectivity index (χ1) is 27.9. The van der Waals surface area contributed by atoms with Crippen LogP contribution in [0.5, 0.6) is 0 Å². The average Bonchev–Trinajstić information content (AvgIpc) is 4.09. The molecule has 3 aliphatic rings. The molecule has 4 N–H and O–H groups in total. The summed E-state index contributed by atoms with van der Waals surface area (Å²) in [7, 11) is 2.54. The fraction of sp³-hybridized carbons (Fsp3) is 0.476. The molecule has 0 unspecified atom stereocenters. The lowest BCUT2D eigenvalue weighted by atomic mass is 9.94. The maximum Gasteiger partial charge on any atom is 0.425 e. The van der Waals surface area contributed by atoms with Crippen LogP contribution in [0, 0.1) is 11.8 Å². The van der Waals surface area contributed by atoms with Crippen molar-refractivity contribution in [3.8, 4) is 33.6 Å². The molecule has 2 aromatic carbocycles. The molecule has 4 atom stereocenters. The molecule has 2 aromatic heterocycles. The quantitative estimate of drug-likeness (QED) is 0.140. The molecule has 308 valence electrons. The molecule has 16 heteroatoms. The largest absolute Gasteiger partial charge is 0.453 e. The van der Waals surface area contributed by atoms with E-state index in [0.29, 0.717) is 44.2 Å². The van der Waals surface area contributed by atoms with E-state index >= 15 is 0 Å². The third-order valence-corrected chi connectivity index (χ3v) is 11.3. The molecule has 1 aliphatic carbocycles. The normalized spacial score (nSPS) is 20.4. The van der Waals surface area contributed by atoms with E-state index in [2.05, 4.69) is 50.0 Å². The van der Waals surface area contributed by atoms with Crippen LogP contribution in [-0.4, -0.2) is 106 Å². The summed E-state index contributed by atoms with van der Waals surface area (Å²) >= 11 is 0. The van der Waals surface area contributed by atoms with Gasteiger partial charge >= 0.3 is 12.2 Å². The molecule has 2 saturated heterocycles. The number of nitrogens with one attached hydrogen (secondary N) is 4. The fourth-order valence-electron chi connectivity index (χ4n) is 8.28. The summed E-state index contributed by atoms with van der Waals surface area (Å²) < 4.78 is 21.6. The minimum Gasteiger partial charge on any atom is -0.453 e. The number of H-pyrrole nitrogens is 2. The number of nitrogens with zero attached hydrogens (tertiary/aromatic N) is 4. The molecule has 58 heavy (non-hydrogen) atoms. The predicted octanol–water partition coefficient (Wildman–Crippen LogP) is 5.92. The lowest BCUT2D eigenvalue weighted by molar-refractivity contribution is -0.159. The zero-order valence-corrected chi connectivity index (χ0v) is 33.7. The third-order valence-electron chi connectivity index (χ3n) is 11.3. The number of carbonyl (C=O) groups is 4. The number of hydrogen-bond donors (Lipinski definition) is 4. The lowest BCUT2D eigenvalue weighted by Gasteiger charge is -2.30. The summed E-state index contributed by atoms with van der Waals surface area (Å²) in [6, 6.07) is 15.2. The van der Waals surface area contributed by atoms with Gasteiger partial charge in [-0.25, -0.2) is 30.0 Å². The van der Waals surface area contributed by atoms with E-state index < -0.39 is 29.9 Å². The number of carbonyl (C=O) groups excluding carboxylic acids is 4. The van der Waals surface area contributed by atoms with Gasteiger partial charge in [0, 0.05) is 31.3 Å². The zero-order chi connectivity index (χ0) is 41.1. The molecule has 7 rings (SSSR count). The first-order valence-corrected chi connectivity index (χ1v) is 19.8. The first kappa shape index (κ1) is 40.5. The van der Waals surface area contributed by atoms with Gasteiger partial charge in [-0.1, -0.05) is 62.4 Å². The number of ether oxygens (including phenoxy) is 4. The highest BCUT2D eigenvalue weighted by Gasteiger charge is 2.54. The van der Waals surface area contributed by atoms with Crippen LogP contribution in [0.1, 0.15) is 77.0 Å². The second-order valence-electron chi connectivity index (χ2n) is 15.7. The smallest absolute Gasteiger partial charge is 0.425 e.